The lowest BCUT2D eigenvalue weighted by Crippen LogP contribution is -2.19. The van der Waals surface area contributed by atoms with Gasteiger partial charge < -0.3 is 14.9 Å². The Balaban J connectivity index is 2.03. The highest BCUT2D eigenvalue weighted by molar-refractivity contribution is 9.10. The lowest BCUT2D eigenvalue weighted by atomic mass is 10.2. The molecule has 1 aromatic heterocycles. The Morgan fingerprint density at radius 2 is 1.83 bits per heavy atom. The van der Waals surface area contributed by atoms with E-state index in [0.29, 0.717) is 11.0 Å². The third-order valence-corrected chi connectivity index (χ3v) is 3.81. The van der Waals surface area contributed by atoms with Gasteiger partial charge in [-0.25, -0.2) is 0 Å². The number of rotatable bonds is 4. The van der Waals surface area contributed by atoms with Crippen molar-refractivity contribution in [1.29, 1.82) is 0 Å². The summed E-state index contributed by atoms with van der Waals surface area (Å²) in [4.78, 5) is 24.1. The summed E-state index contributed by atoms with van der Waals surface area (Å²) in [5.41, 5.74) is 6.02. The van der Waals surface area contributed by atoms with Crippen LogP contribution in [-0.4, -0.2) is 5.91 Å². The molecule has 5 nitrogen and oxygen atoms in total. The second-order valence-electron chi connectivity index (χ2n) is 4.86. The van der Waals surface area contributed by atoms with Gasteiger partial charge in [-0.1, -0.05) is 40.2 Å². The summed E-state index contributed by atoms with van der Waals surface area (Å²) >= 11 is 3.34. The van der Waals surface area contributed by atoms with E-state index in [4.69, 9.17) is 14.9 Å². The van der Waals surface area contributed by atoms with Crippen LogP contribution in [-0.2, 0) is 6.61 Å². The van der Waals surface area contributed by atoms with Gasteiger partial charge >= 0.3 is 0 Å². The van der Waals surface area contributed by atoms with Crippen molar-refractivity contribution in [2.45, 2.75) is 6.61 Å². The van der Waals surface area contributed by atoms with Crippen molar-refractivity contribution < 1.29 is 13.9 Å². The molecular formula is C17H12BrNO4. The van der Waals surface area contributed by atoms with E-state index >= 15 is 0 Å². The molecule has 2 N–H and O–H groups in total. The summed E-state index contributed by atoms with van der Waals surface area (Å²) in [7, 11) is 0. The van der Waals surface area contributed by atoms with E-state index in [1.165, 1.54) is 0 Å². The molecule has 0 aliphatic rings. The molecule has 3 rings (SSSR count). The molecule has 0 aliphatic carbocycles. The zero-order valence-electron chi connectivity index (χ0n) is 11.9. The maximum absolute atomic E-state index is 12.5. The van der Waals surface area contributed by atoms with Crippen LogP contribution in [0.4, 0.5) is 0 Å². The van der Waals surface area contributed by atoms with E-state index in [-0.39, 0.29) is 18.1 Å². The number of benzene rings is 2. The SMILES string of the molecule is NC(=O)c1oc2ccccc2c(=O)c1OCc1ccc(Br)cc1. The molecule has 0 saturated carbocycles. The number of amides is 1. The van der Waals surface area contributed by atoms with Crippen LogP contribution in [0.3, 0.4) is 0 Å². The summed E-state index contributed by atoms with van der Waals surface area (Å²) in [6, 6.07) is 14.0. The smallest absolute Gasteiger partial charge is 0.288 e. The molecule has 0 radical (unpaired) electrons. The number of nitrogens with two attached hydrogens (primary N) is 1. The number of para-hydroxylation sites is 1. The van der Waals surface area contributed by atoms with E-state index in [0.717, 1.165) is 10.0 Å². The quantitative estimate of drug-likeness (QED) is 0.760. The summed E-state index contributed by atoms with van der Waals surface area (Å²) in [6.07, 6.45) is 0. The average molecular weight is 374 g/mol. The molecule has 0 atom stereocenters. The second kappa shape index (κ2) is 6.26. The molecule has 6 heteroatoms. The normalized spacial score (nSPS) is 10.7. The van der Waals surface area contributed by atoms with Gasteiger partial charge in [0.15, 0.2) is 0 Å². The van der Waals surface area contributed by atoms with Gasteiger partial charge in [0.1, 0.15) is 12.2 Å². The fraction of sp³-hybridized carbons (Fsp3) is 0.0588. The summed E-state index contributed by atoms with van der Waals surface area (Å²) in [6.45, 7) is 0.122. The van der Waals surface area contributed by atoms with Crippen molar-refractivity contribution in [1.82, 2.24) is 0 Å². The minimum Gasteiger partial charge on any atom is -0.481 e. The molecule has 0 spiro atoms. The number of carbonyl (C=O) groups excluding carboxylic acids is 1. The zero-order chi connectivity index (χ0) is 16.4. The monoisotopic (exact) mass is 373 g/mol. The van der Waals surface area contributed by atoms with Crippen molar-refractivity contribution in [2.75, 3.05) is 0 Å². The van der Waals surface area contributed by atoms with E-state index in [2.05, 4.69) is 15.9 Å². The van der Waals surface area contributed by atoms with Crippen LogP contribution in [0, 0.1) is 0 Å². The molecule has 0 fully saturated rings. The van der Waals surface area contributed by atoms with Crippen LogP contribution in [0.1, 0.15) is 16.1 Å². The topological polar surface area (TPSA) is 82.5 Å². The van der Waals surface area contributed by atoms with E-state index < -0.39 is 11.3 Å². The molecule has 0 aliphatic heterocycles. The minimum absolute atomic E-state index is 0.122. The maximum Gasteiger partial charge on any atom is 0.288 e. The third kappa shape index (κ3) is 3.12. The van der Waals surface area contributed by atoms with Crippen molar-refractivity contribution in [3.05, 3.63) is 74.6 Å². The lowest BCUT2D eigenvalue weighted by molar-refractivity contribution is 0.0967. The van der Waals surface area contributed by atoms with E-state index in [1.54, 1.807) is 24.3 Å². The number of fused-ring (bicyclic) bond motifs is 1. The highest BCUT2D eigenvalue weighted by Gasteiger charge is 2.20. The zero-order valence-corrected chi connectivity index (χ0v) is 13.5. The Morgan fingerprint density at radius 1 is 1.13 bits per heavy atom. The molecule has 0 unspecified atom stereocenters. The Labute approximate surface area is 139 Å². The lowest BCUT2D eigenvalue weighted by Gasteiger charge is -2.09. The molecule has 1 heterocycles. The number of primary amides is 1. The predicted molar refractivity (Wildman–Crippen MR) is 89.5 cm³/mol. The standard InChI is InChI=1S/C17H12BrNO4/c18-11-7-5-10(6-8-11)9-22-15-14(20)12-3-1-2-4-13(12)23-16(15)17(19)21/h1-8H,9H2,(H2,19,21). The van der Waals surface area contributed by atoms with Crippen LogP contribution in [0.15, 0.2) is 62.2 Å². The molecule has 1 amide bonds. The first-order valence-electron chi connectivity index (χ1n) is 6.79. The van der Waals surface area contributed by atoms with Gasteiger partial charge in [-0.3, -0.25) is 9.59 Å². The van der Waals surface area contributed by atoms with Crippen LogP contribution in [0.25, 0.3) is 11.0 Å². The first kappa shape index (κ1) is 15.3. The molecule has 0 bridgehead atoms. The number of hydrogen-bond acceptors (Lipinski definition) is 4. The van der Waals surface area contributed by atoms with E-state index in [9.17, 15) is 9.59 Å². The number of ether oxygens (including phenoxy) is 1. The molecule has 3 aromatic rings. The highest BCUT2D eigenvalue weighted by atomic mass is 79.9. The van der Waals surface area contributed by atoms with Gasteiger partial charge in [-0.15, -0.1) is 0 Å². The van der Waals surface area contributed by atoms with Crippen LogP contribution < -0.4 is 15.9 Å². The van der Waals surface area contributed by atoms with Gasteiger partial charge in [0, 0.05) is 4.47 Å². The summed E-state index contributed by atoms with van der Waals surface area (Å²) in [5, 5.41) is 0.336. The fourth-order valence-electron chi connectivity index (χ4n) is 2.15. The largest absolute Gasteiger partial charge is 0.481 e. The Kier molecular flexibility index (Phi) is 4.16. The van der Waals surface area contributed by atoms with Crippen LogP contribution in [0.5, 0.6) is 5.75 Å². The number of hydrogen-bond donors (Lipinski definition) is 1. The molecule has 23 heavy (non-hydrogen) atoms. The summed E-state index contributed by atoms with van der Waals surface area (Å²) < 4.78 is 11.9. The van der Waals surface area contributed by atoms with E-state index in [1.807, 2.05) is 24.3 Å². The van der Waals surface area contributed by atoms with Gasteiger partial charge in [-0.2, -0.15) is 0 Å². The first-order chi connectivity index (χ1) is 11.1. The second-order valence-corrected chi connectivity index (χ2v) is 5.78. The summed E-state index contributed by atoms with van der Waals surface area (Å²) in [5.74, 6) is -1.29. The maximum atomic E-state index is 12.5. The van der Waals surface area contributed by atoms with Crippen molar-refractivity contribution in [3.63, 3.8) is 0 Å². The fourth-order valence-corrected chi connectivity index (χ4v) is 2.42. The third-order valence-electron chi connectivity index (χ3n) is 3.28. The molecule has 116 valence electrons. The highest BCUT2D eigenvalue weighted by Crippen LogP contribution is 2.21. The van der Waals surface area contributed by atoms with Gasteiger partial charge in [0.2, 0.25) is 16.9 Å². The average Bonchev–Trinajstić information content (AvgIpc) is 2.55. The Bertz CT molecular complexity index is 931. The van der Waals surface area contributed by atoms with Crippen molar-refractivity contribution >= 4 is 32.8 Å². The van der Waals surface area contributed by atoms with Gasteiger partial charge in [0.25, 0.3) is 5.91 Å². The van der Waals surface area contributed by atoms with Gasteiger partial charge in [-0.05, 0) is 29.8 Å². The molecule has 2 aromatic carbocycles. The number of halogens is 1. The molecular weight excluding hydrogens is 362 g/mol. The molecule has 0 saturated heterocycles. The first-order valence-corrected chi connectivity index (χ1v) is 7.58. The van der Waals surface area contributed by atoms with Crippen molar-refractivity contribution in [3.8, 4) is 5.75 Å². The Morgan fingerprint density at radius 3 is 2.52 bits per heavy atom. The van der Waals surface area contributed by atoms with Gasteiger partial charge in [0.05, 0.1) is 5.39 Å². The predicted octanol–water partition coefficient (Wildman–Crippen LogP) is 3.23. The minimum atomic E-state index is -0.848. The van der Waals surface area contributed by atoms with Crippen LogP contribution in [0.2, 0.25) is 0 Å². The van der Waals surface area contributed by atoms with Crippen LogP contribution >= 0.6 is 15.9 Å². The van der Waals surface area contributed by atoms with Crippen molar-refractivity contribution in [2.24, 2.45) is 5.73 Å². The Hall–Kier alpha value is -2.60. The number of carbonyl (C=O) groups is 1.